The number of fused-ring (bicyclic) bond motifs is 1. The molecule has 2 N–H and O–H groups in total. The number of carbonyl (C=O) groups excluding carboxylic acids is 1. The van der Waals surface area contributed by atoms with Crippen molar-refractivity contribution >= 4 is 15.9 Å². The third-order valence-corrected chi connectivity index (χ3v) is 6.31. The number of urea groups is 1. The van der Waals surface area contributed by atoms with E-state index < -0.39 is 9.84 Å². The Morgan fingerprint density at radius 1 is 1.35 bits per heavy atom. The SMILES string of the molecule is CC(C)n1ncc2c1C(NC(=O)NC1CCS(=O)(=O)C1)CCC2. The molecule has 0 aromatic carbocycles. The number of nitrogens with one attached hydrogen (secondary N) is 2. The largest absolute Gasteiger partial charge is 0.334 e. The van der Waals surface area contributed by atoms with E-state index in [0.29, 0.717) is 6.42 Å². The van der Waals surface area contributed by atoms with E-state index in [-0.39, 0.29) is 35.7 Å². The molecule has 1 saturated heterocycles. The average Bonchev–Trinajstić information content (AvgIpc) is 3.02. The standard InChI is InChI=1S/C15H24N4O3S/c1-10(2)19-14-11(8-16-19)4-3-5-13(14)18-15(20)17-12-6-7-23(21,22)9-12/h8,10,12-13H,3-7,9H2,1-2H3,(H2,17,18,20). The minimum atomic E-state index is -2.99. The van der Waals surface area contributed by atoms with Crippen molar-refractivity contribution in [3.05, 3.63) is 17.5 Å². The topological polar surface area (TPSA) is 93.1 Å². The molecule has 0 spiro atoms. The second kappa shape index (κ2) is 6.14. The van der Waals surface area contributed by atoms with E-state index in [1.165, 1.54) is 5.56 Å². The van der Waals surface area contributed by atoms with E-state index >= 15 is 0 Å². The quantitative estimate of drug-likeness (QED) is 0.868. The van der Waals surface area contributed by atoms with Crippen LogP contribution in [0, 0.1) is 0 Å². The molecule has 1 aromatic heterocycles. The van der Waals surface area contributed by atoms with Gasteiger partial charge in [0.25, 0.3) is 0 Å². The molecule has 2 unspecified atom stereocenters. The van der Waals surface area contributed by atoms with Gasteiger partial charge >= 0.3 is 6.03 Å². The zero-order chi connectivity index (χ0) is 16.6. The van der Waals surface area contributed by atoms with Crippen LogP contribution in [0.3, 0.4) is 0 Å². The molecule has 2 aliphatic rings. The molecule has 1 fully saturated rings. The predicted octanol–water partition coefficient (Wildman–Crippen LogP) is 1.33. The van der Waals surface area contributed by atoms with Crippen LogP contribution in [-0.2, 0) is 16.3 Å². The van der Waals surface area contributed by atoms with Gasteiger partial charge in [-0.25, -0.2) is 13.2 Å². The maximum atomic E-state index is 12.2. The molecule has 0 saturated carbocycles. The summed E-state index contributed by atoms with van der Waals surface area (Å²) in [4.78, 5) is 12.2. The van der Waals surface area contributed by atoms with Crippen molar-refractivity contribution in [3.8, 4) is 0 Å². The molecule has 0 bridgehead atoms. The van der Waals surface area contributed by atoms with Gasteiger partial charge in [0.05, 0.1) is 29.4 Å². The summed E-state index contributed by atoms with van der Waals surface area (Å²) >= 11 is 0. The normalized spacial score (nSPS) is 26.0. The highest BCUT2D eigenvalue weighted by Gasteiger charge is 2.31. The van der Waals surface area contributed by atoms with Crippen LogP contribution in [0.2, 0.25) is 0 Å². The van der Waals surface area contributed by atoms with Gasteiger partial charge < -0.3 is 10.6 Å². The number of aromatic nitrogens is 2. The lowest BCUT2D eigenvalue weighted by Crippen LogP contribution is -2.45. The Labute approximate surface area is 136 Å². The number of nitrogens with zero attached hydrogens (tertiary/aromatic N) is 2. The van der Waals surface area contributed by atoms with Crippen LogP contribution in [0.4, 0.5) is 4.79 Å². The van der Waals surface area contributed by atoms with E-state index in [2.05, 4.69) is 29.6 Å². The summed E-state index contributed by atoms with van der Waals surface area (Å²) in [7, 11) is -2.99. The Balaban J connectivity index is 1.67. The van der Waals surface area contributed by atoms with E-state index in [0.717, 1.165) is 25.0 Å². The van der Waals surface area contributed by atoms with E-state index in [1.54, 1.807) is 0 Å². The van der Waals surface area contributed by atoms with Crippen LogP contribution >= 0.6 is 0 Å². The first-order valence-corrected chi connectivity index (χ1v) is 10.0. The van der Waals surface area contributed by atoms with Gasteiger partial charge in [0.1, 0.15) is 0 Å². The van der Waals surface area contributed by atoms with Crippen LogP contribution in [0.1, 0.15) is 56.5 Å². The zero-order valence-electron chi connectivity index (χ0n) is 13.6. The molecule has 2 amide bonds. The highest BCUT2D eigenvalue weighted by atomic mass is 32.2. The molecule has 2 atom stereocenters. The van der Waals surface area contributed by atoms with Crippen molar-refractivity contribution in [2.45, 2.75) is 57.7 Å². The minimum absolute atomic E-state index is 0.0419. The summed E-state index contributed by atoms with van der Waals surface area (Å²) in [6.07, 6.45) is 5.27. The second-order valence-corrected chi connectivity index (χ2v) is 8.98. The van der Waals surface area contributed by atoms with Crippen molar-refractivity contribution in [1.29, 1.82) is 0 Å². The second-order valence-electron chi connectivity index (χ2n) is 6.76. The van der Waals surface area contributed by atoms with Gasteiger partial charge in [-0.2, -0.15) is 5.10 Å². The first-order valence-electron chi connectivity index (χ1n) is 8.19. The molecule has 0 radical (unpaired) electrons. The number of amides is 2. The fourth-order valence-electron chi connectivity index (χ4n) is 3.46. The molecule has 128 valence electrons. The molecule has 2 heterocycles. The summed E-state index contributed by atoms with van der Waals surface area (Å²) in [6, 6.07) is -0.398. The molecule has 1 aliphatic heterocycles. The van der Waals surface area contributed by atoms with Gasteiger partial charge in [-0.1, -0.05) is 0 Å². The van der Waals surface area contributed by atoms with Crippen molar-refractivity contribution in [2.75, 3.05) is 11.5 Å². The number of carbonyl (C=O) groups is 1. The molecule has 3 rings (SSSR count). The number of hydrogen-bond donors (Lipinski definition) is 2. The highest BCUT2D eigenvalue weighted by molar-refractivity contribution is 7.91. The van der Waals surface area contributed by atoms with Crippen LogP contribution in [-0.4, -0.2) is 41.8 Å². The molecule has 1 aliphatic carbocycles. The van der Waals surface area contributed by atoms with E-state index in [9.17, 15) is 13.2 Å². The van der Waals surface area contributed by atoms with Crippen LogP contribution in [0.5, 0.6) is 0 Å². The fourth-order valence-corrected chi connectivity index (χ4v) is 5.14. The van der Waals surface area contributed by atoms with E-state index in [4.69, 9.17) is 0 Å². The first kappa shape index (κ1) is 16.3. The van der Waals surface area contributed by atoms with Gasteiger partial charge in [-0.15, -0.1) is 0 Å². The average molecular weight is 340 g/mol. The maximum Gasteiger partial charge on any atom is 0.315 e. The monoisotopic (exact) mass is 340 g/mol. The van der Waals surface area contributed by atoms with Crippen LogP contribution < -0.4 is 10.6 Å². The Bertz CT molecular complexity index is 696. The summed E-state index contributed by atoms with van der Waals surface area (Å²) in [6.45, 7) is 4.14. The lowest BCUT2D eigenvalue weighted by atomic mass is 9.93. The summed E-state index contributed by atoms with van der Waals surface area (Å²) < 4.78 is 24.9. The number of rotatable bonds is 3. The molecule has 8 heteroatoms. The Morgan fingerprint density at radius 2 is 2.13 bits per heavy atom. The van der Waals surface area contributed by atoms with Gasteiger partial charge in [0.15, 0.2) is 9.84 Å². The number of sulfone groups is 1. The minimum Gasteiger partial charge on any atom is -0.334 e. The van der Waals surface area contributed by atoms with Gasteiger partial charge in [0, 0.05) is 12.1 Å². The third kappa shape index (κ3) is 3.52. The smallest absolute Gasteiger partial charge is 0.315 e. The fraction of sp³-hybridized carbons (Fsp3) is 0.733. The lowest BCUT2D eigenvalue weighted by molar-refractivity contribution is 0.231. The van der Waals surface area contributed by atoms with Crippen molar-refractivity contribution in [3.63, 3.8) is 0 Å². The van der Waals surface area contributed by atoms with Crippen molar-refractivity contribution in [2.24, 2.45) is 0 Å². The van der Waals surface area contributed by atoms with Gasteiger partial charge in [-0.3, -0.25) is 4.68 Å². The summed E-state index contributed by atoms with van der Waals surface area (Å²) in [5.41, 5.74) is 2.28. The Hall–Kier alpha value is -1.57. The van der Waals surface area contributed by atoms with Crippen LogP contribution in [0.15, 0.2) is 6.20 Å². The highest BCUT2D eigenvalue weighted by Crippen LogP contribution is 2.31. The molecule has 23 heavy (non-hydrogen) atoms. The van der Waals surface area contributed by atoms with Crippen LogP contribution in [0.25, 0.3) is 0 Å². The zero-order valence-corrected chi connectivity index (χ0v) is 14.4. The third-order valence-electron chi connectivity index (χ3n) is 4.54. The van der Waals surface area contributed by atoms with Crippen molar-refractivity contribution < 1.29 is 13.2 Å². The maximum absolute atomic E-state index is 12.2. The molecular weight excluding hydrogens is 316 g/mol. The first-order chi connectivity index (χ1) is 10.9. The molecule has 7 nitrogen and oxygen atoms in total. The van der Waals surface area contributed by atoms with Gasteiger partial charge in [0.2, 0.25) is 0 Å². The summed E-state index contributed by atoms with van der Waals surface area (Å²) in [5, 5.41) is 10.2. The van der Waals surface area contributed by atoms with E-state index in [1.807, 2.05) is 10.9 Å². The predicted molar refractivity (Wildman–Crippen MR) is 87.0 cm³/mol. The summed E-state index contributed by atoms with van der Waals surface area (Å²) in [5.74, 6) is 0.200. The number of aryl methyl sites for hydroxylation is 1. The molecular formula is C15H24N4O3S. The number of hydrogen-bond acceptors (Lipinski definition) is 4. The Kier molecular flexibility index (Phi) is 4.35. The van der Waals surface area contributed by atoms with Crippen molar-refractivity contribution in [1.82, 2.24) is 20.4 Å². The molecule has 1 aromatic rings. The Morgan fingerprint density at radius 3 is 2.78 bits per heavy atom. The van der Waals surface area contributed by atoms with Gasteiger partial charge in [-0.05, 0) is 45.1 Å². The lowest BCUT2D eigenvalue weighted by Gasteiger charge is -2.27.